The van der Waals surface area contributed by atoms with Gasteiger partial charge in [-0.2, -0.15) is 0 Å². The topological polar surface area (TPSA) is 18.5 Å². The predicted octanol–water partition coefficient (Wildman–Crippen LogP) is 7.41. The highest BCUT2D eigenvalue weighted by Gasteiger charge is 2.20. The van der Waals surface area contributed by atoms with E-state index in [0.29, 0.717) is 0 Å². The molecule has 0 amide bonds. The molecule has 1 fully saturated rings. The molecule has 2 nitrogen and oxygen atoms in total. The highest BCUT2D eigenvalue weighted by atomic mass is 16.5. The third-order valence-corrected chi connectivity index (χ3v) is 5.78. The van der Waals surface area contributed by atoms with E-state index in [4.69, 9.17) is 9.47 Å². The van der Waals surface area contributed by atoms with Crippen LogP contribution >= 0.6 is 0 Å². The predicted molar refractivity (Wildman–Crippen MR) is 111 cm³/mol. The van der Waals surface area contributed by atoms with E-state index in [1.54, 1.807) is 0 Å². The van der Waals surface area contributed by atoms with Gasteiger partial charge in [0.1, 0.15) is 11.5 Å². The summed E-state index contributed by atoms with van der Waals surface area (Å²) < 4.78 is 11.7. The first kappa shape index (κ1) is 21.1. The van der Waals surface area contributed by atoms with Crippen molar-refractivity contribution in [3.8, 4) is 11.5 Å². The second kappa shape index (κ2) is 13.1. The van der Waals surface area contributed by atoms with Crippen LogP contribution < -0.4 is 9.47 Å². The molecule has 0 unspecified atom stereocenters. The van der Waals surface area contributed by atoms with E-state index in [1.165, 1.54) is 70.6 Å². The normalized spacial score (nSPS) is 20.1. The zero-order valence-electron chi connectivity index (χ0n) is 17.2. The number of unbranched alkanes of at least 4 members (excludes halogenated alkanes) is 3. The van der Waals surface area contributed by atoms with E-state index >= 15 is 0 Å². The van der Waals surface area contributed by atoms with Crippen LogP contribution in [0.15, 0.2) is 24.3 Å². The van der Waals surface area contributed by atoms with Gasteiger partial charge in [-0.1, -0.05) is 71.6 Å². The molecule has 0 heterocycles. The van der Waals surface area contributed by atoms with Crippen molar-refractivity contribution in [2.45, 2.75) is 90.9 Å². The van der Waals surface area contributed by atoms with Crippen LogP contribution in [-0.2, 0) is 0 Å². The fourth-order valence-electron chi connectivity index (χ4n) is 4.13. The van der Waals surface area contributed by atoms with E-state index < -0.39 is 0 Å². The van der Waals surface area contributed by atoms with Crippen molar-refractivity contribution < 1.29 is 9.47 Å². The van der Waals surface area contributed by atoms with Crippen molar-refractivity contribution in [3.63, 3.8) is 0 Å². The van der Waals surface area contributed by atoms with E-state index in [2.05, 4.69) is 13.8 Å². The maximum absolute atomic E-state index is 5.91. The maximum atomic E-state index is 5.91. The lowest BCUT2D eigenvalue weighted by atomic mass is 9.78. The molecule has 0 spiro atoms. The van der Waals surface area contributed by atoms with Crippen molar-refractivity contribution in [2.75, 3.05) is 13.2 Å². The summed E-state index contributed by atoms with van der Waals surface area (Å²) in [5, 5.41) is 0. The molecule has 1 saturated carbocycles. The largest absolute Gasteiger partial charge is 0.494 e. The Kier molecular flexibility index (Phi) is 10.6. The highest BCUT2D eigenvalue weighted by Crippen LogP contribution is 2.33. The second-order valence-corrected chi connectivity index (χ2v) is 8.05. The van der Waals surface area contributed by atoms with Gasteiger partial charge < -0.3 is 9.47 Å². The highest BCUT2D eigenvalue weighted by molar-refractivity contribution is 5.31. The molecule has 2 heteroatoms. The average molecular weight is 361 g/mol. The van der Waals surface area contributed by atoms with E-state index in [-0.39, 0.29) is 0 Å². The summed E-state index contributed by atoms with van der Waals surface area (Å²) >= 11 is 0. The molecule has 0 aliphatic heterocycles. The van der Waals surface area contributed by atoms with Gasteiger partial charge in [0, 0.05) is 0 Å². The third-order valence-electron chi connectivity index (χ3n) is 5.78. The average Bonchev–Trinajstić information content (AvgIpc) is 2.68. The summed E-state index contributed by atoms with van der Waals surface area (Å²) in [5.41, 5.74) is 0. The summed E-state index contributed by atoms with van der Waals surface area (Å²) in [4.78, 5) is 0. The molecule has 26 heavy (non-hydrogen) atoms. The first-order chi connectivity index (χ1) is 12.8. The molecule has 0 saturated heterocycles. The van der Waals surface area contributed by atoms with Crippen molar-refractivity contribution in [1.82, 2.24) is 0 Å². The van der Waals surface area contributed by atoms with E-state index in [1.807, 2.05) is 24.3 Å². The lowest BCUT2D eigenvalue weighted by Crippen LogP contribution is -2.15. The Hall–Kier alpha value is -1.18. The fraction of sp³-hybridized carbons (Fsp3) is 0.750. The van der Waals surface area contributed by atoms with Crippen LogP contribution in [0.4, 0.5) is 0 Å². The van der Waals surface area contributed by atoms with Crippen LogP contribution in [0.2, 0.25) is 0 Å². The first-order valence-corrected chi connectivity index (χ1v) is 11.2. The van der Waals surface area contributed by atoms with Crippen LogP contribution in [-0.4, -0.2) is 13.2 Å². The molecule has 1 aromatic rings. The van der Waals surface area contributed by atoms with Crippen LogP contribution in [0.25, 0.3) is 0 Å². The zero-order chi connectivity index (χ0) is 18.5. The minimum atomic E-state index is 0.820. The maximum Gasteiger partial charge on any atom is 0.119 e. The molecule has 148 valence electrons. The van der Waals surface area contributed by atoms with Crippen molar-refractivity contribution in [3.05, 3.63) is 24.3 Å². The standard InChI is InChI=1S/C24H40O2/c1-3-5-6-7-19-25-23-15-17-24(18-16-23)26-20-8-10-22-13-11-21(9-4-2)12-14-22/h15-18,21-22H,3-14,19-20H2,1-2H3/t21-,22-. The van der Waals surface area contributed by atoms with Gasteiger partial charge in [-0.3, -0.25) is 0 Å². The fourth-order valence-corrected chi connectivity index (χ4v) is 4.13. The molecule has 1 aliphatic rings. The molecule has 0 bridgehead atoms. The molecular formula is C24H40O2. The monoisotopic (exact) mass is 360 g/mol. The second-order valence-electron chi connectivity index (χ2n) is 8.05. The Labute approximate surface area is 161 Å². The number of benzene rings is 1. The van der Waals surface area contributed by atoms with Crippen molar-refractivity contribution in [2.24, 2.45) is 11.8 Å². The van der Waals surface area contributed by atoms with Crippen molar-refractivity contribution in [1.29, 1.82) is 0 Å². The number of rotatable bonds is 13. The Morgan fingerprint density at radius 2 is 1.19 bits per heavy atom. The van der Waals surface area contributed by atoms with Crippen LogP contribution in [0.1, 0.15) is 90.9 Å². The summed E-state index contributed by atoms with van der Waals surface area (Å²) in [6.07, 6.45) is 16.1. The molecule has 0 aromatic heterocycles. The van der Waals surface area contributed by atoms with E-state index in [9.17, 15) is 0 Å². The number of hydrogen-bond acceptors (Lipinski definition) is 2. The Morgan fingerprint density at radius 1 is 0.654 bits per heavy atom. The SMILES string of the molecule is CCCCCCOc1ccc(OCCC[C@H]2CC[C@H](CCC)CC2)cc1. The van der Waals surface area contributed by atoms with E-state index in [0.717, 1.165) is 43.0 Å². The lowest BCUT2D eigenvalue weighted by molar-refractivity contribution is 0.230. The summed E-state index contributed by atoms with van der Waals surface area (Å²) in [7, 11) is 0. The molecule has 0 radical (unpaired) electrons. The van der Waals surface area contributed by atoms with Crippen molar-refractivity contribution >= 4 is 0 Å². The first-order valence-electron chi connectivity index (χ1n) is 11.2. The van der Waals surface area contributed by atoms with Gasteiger partial charge in [0.2, 0.25) is 0 Å². The van der Waals surface area contributed by atoms with Gasteiger partial charge in [-0.05, 0) is 55.4 Å². The lowest BCUT2D eigenvalue weighted by Gasteiger charge is -2.28. The minimum absolute atomic E-state index is 0.820. The molecule has 1 aliphatic carbocycles. The van der Waals surface area contributed by atoms with Gasteiger partial charge in [-0.25, -0.2) is 0 Å². The van der Waals surface area contributed by atoms with Gasteiger partial charge in [0.05, 0.1) is 13.2 Å². The van der Waals surface area contributed by atoms with Gasteiger partial charge in [0.15, 0.2) is 0 Å². The molecule has 2 rings (SSSR count). The number of ether oxygens (including phenoxy) is 2. The van der Waals surface area contributed by atoms with Crippen LogP contribution in [0.5, 0.6) is 11.5 Å². The number of hydrogen-bond donors (Lipinski definition) is 0. The molecule has 1 aromatic carbocycles. The molecule has 0 atom stereocenters. The summed E-state index contributed by atoms with van der Waals surface area (Å²) in [6, 6.07) is 8.14. The van der Waals surface area contributed by atoms with Crippen LogP contribution in [0.3, 0.4) is 0 Å². The summed E-state index contributed by atoms with van der Waals surface area (Å²) in [6.45, 7) is 6.21. The van der Waals surface area contributed by atoms with Gasteiger partial charge >= 0.3 is 0 Å². The molecule has 0 N–H and O–H groups in total. The smallest absolute Gasteiger partial charge is 0.119 e. The van der Waals surface area contributed by atoms with Gasteiger partial charge in [-0.15, -0.1) is 0 Å². The zero-order valence-corrected chi connectivity index (χ0v) is 17.2. The van der Waals surface area contributed by atoms with Gasteiger partial charge in [0.25, 0.3) is 0 Å². The minimum Gasteiger partial charge on any atom is -0.494 e. The molecular weight excluding hydrogens is 320 g/mol. The Morgan fingerprint density at radius 3 is 1.73 bits per heavy atom. The third kappa shape index (κ3) is 8.47. The Balaban J connectivity index is 1.53. The van der Waals surface area contributed by atoms with Crippen LogP contribution in [0, 0.1) is 11.8 Å². The Bertz CT molecular complexity index is 446. The summed E-state index contributed by atoms with van der Waals surface area (Å²) in [5.74, 6) is 3.88. The quantitative estimate of drug-likeness (QED) is 0.341.